The topological polar surface area (TPSA) is 61.8 Å². The molecule has 1 aromatic rings. The lowest BCUT2D eigenvalue weighted by Crippen LogP contribution is -2.60. The first-order valence-electron chi connectivity index (χ1n) is 8.27. The predicted octanol–water partition coefficient (Wildman–Crippen LogP) is 2.01. The molecule has 2 aliphatic heterocycles. The Hall–Kier alpha value is -1.50. The monoisotopic (exact) mass is 320 g/mol. The standard InChI is InChI=1S/C17H21FN2O3/c18-14-9-12(16(21)19-22)8-11-3-6-20(10-13(11)14)15-2-5-17(15)4-1-7-23-17/h8-9,15,22H,1-7,10H2,(H,19,21)/t15?,17-/m0/s1. The Morgan fingerprint density at radius 1 is 1.43 bits per heavy atom. The number of hydroxylamine groups is 1. The van der Waals surface area contributed by atoms with E-state index in [1.165, 1.54) is 6.07 Å². The van der Waals surface area contributed by atoms with E-state index in [0.29, 0.717) is 24.6 Å². The van der Waals surface area contributed by atoms with Crippen LogP contribution in [0.2, 0.25) is 0 Å². The van der Waals surface area contributed by atoms with Crippen LogP contribution in [0.1, 0.15) is 47.2 Å². The molecule has 1 unspecified atom stereocenters. The number of fused-ring (bicyclic) bond motifs is 1. The summed E-state index contributed by atoms with van der Waals surface area (Å²) in [6.07, 6.45) is 5.17. The molecule has 4 rings (SSSR count). The zero-order chi connectivity index (χ0) is 16.0. The first-order chi connectivity index (χ1) is 11.1. The van der Waals surface area contributed by atoms with Gasteiger partial charge in [-0.3, -0.25) is 14.9 Å². The van der Waals surface area contributed by atoms with Gasteiger partial charge in [0.25, 0.3) is 5.91 Å². The molecule has 1 spiro atoms. The van der Waals surface area contributed by atoms with Crippen molar-refractivity contribution in [3.05, 3.63) is 34.6 Å². The third kappa shape index (κ3) is 2.36. The summed E-state index contributed by atoms with van der Waals surface area (Å²) >= 11 is 0. The molecular weight excluding hydrogens is 299 g/mol. The molecule has 2 N–H and O–H groups in total. The van der Waals surface area contributed by atoms with Gasteiger partial charge in [-0.2, -0.15) is 0 Å². The number of halogens is 1. The molecule has 0 aromatic heterocycles. The van der Waals surface area contributed by atoms with Crippen LogP contribution in [-0.4, -0.2) is 40.8 Å². The fourth-order valence-corrected chi connectivity index (χ4v) is 4.39. The van der Waals surface area contributed by atoms with E-state index in [0.717, 1.165) is 44.4 Å². The molecule has 0 radical (unpaired) electrons. The summed E-state index contributed by atoms with van der Waals surface area (Å²) in [5.41, 5.74) is 3.26. The molecule has 1 saturated carbocycles. The summed E-state index contributed by atoms with van der Waals surface area (Å²) in [6.45, 7) is 2.26. The van der Waals surface area contributed by atoms with Crippen molar-refractivity contribution in [2.75, 3.05) is 13.2 Å². The first-order valence-corrected chi connectivity index (χ1v) is 8.27. The van der Waals surface area contributed by atoms with Crippen LogP contribution in [-0.2, 0) is 17.7 Å². The summed E-state index contributed by atoms with van der Waals surface area (Å²) in [5.74, 6) is -1.04. The highest BCUT2D eigenvalue weighted by atomic mass is 19.1. The van der Waals surface area contributed by atoms with E-state index < -0.39 is 5.91 Å². The van der Waals surface area contributed by atoms with Crippen LogP contribution < -0.4 is 5.48 Å². The summed E-state index contributed by atoms with van der Waals surface area (Å²) < 4.78 is 20.4. The van der Waals surface area contributed by atoms with Gasteiger partial charge in [0.15, 0.2) is 0 Å². The molecule has 2 heterocycles. The lowest BCUT2D eigenvalue weighted by Gasteiger charge is -2.52. The Morgan fingerprint density at radius 3 is 2.96 bits per heavy atom. The number of amides is 1. The minimum absolute atomic E-state index is 0.00466. The highest BCUT2D eigenvalue weighted by Crippen LogP contribution is 2.47. The van der Waals surface area contributed by atoms with Gasteiger partial charge in [-0.1, -0.05) is 0 Å². The molecule has 2 atom stereocenters. The van der Waals surface area contributed by atoms with Gasteiger partial charge in [-0.15, -0.1) is 0 Å². The molecule has 23 heavy (non-hydrogen) atoms. The second kappa shape index (κ2) is 5.54. The van der Waals surface area contributed by atoms with E-state index in [1.807, 2.05) is 0 Å². The van der Waals surface area contributed by atoms with Crippen molar-refractivity contribution in [2.24, 2.45) is 0 Å². The van der Waals surface area contributed by atoms with Crippen LogP contribution in [0.5, 0.6) is 0 Å². The Morgan fingerprint density at radius 2 is 2.30 bits per heavy atom. The van der Waals surface area contributed by atoms with Crippen LogP contribution in [0.4, 0.5) is 4.39 Å². The maximum Gasteiger partial charge on any atom is 0.274 e. The number of nitrogens with one attached hydrogen (secondary N) is 1. The molecule has 1 aliphatic carbocycles. The van der Waals surface area contributed by atoms with E-state index >= 15 is 0 Å². The number of rotatable bonds is 2. The maximum absolute atomic E-state index is 14.4. The molecule has 1 saturated heterocycles. The van der Waals surface area contributed by atoms with Gasteiger partial charge in [0.1, 0.15) is 5.82 Å². The fraction of sp³-hybridized carbons (Fsp3) is 0.588. The van der Waals surface area contributed by atoms with E-state index in [-0.39, 0.29) is 17.0 Å². The zero-order valence-electron chi connectivity index (χ0n) is 13.0. The van der Waals surface area contributed by atoms with Crippen molar-refractivity contribution >= 4 is 5.91 Å². The third-order valence-electron chi connectivity index (χ3n) is 5.70. The van der Waals surface area contributed by atoms with Gasteiger partial charge in [-0.25, -0.2) is 9.87 Å². The molecule has 2 fully saturated rings. The lowest BCUT2D eigenvalue weighted by atomic mass is 9.71. The van der Waals surface area contributed by atoms with Gasteiger partial charge < -0.3 is 4.74 Å². The summed E-state index contributed by atoms with van der Waals surface area (Å²) in [4.78, 5) is 13.8. The predicted molar refractivity (Wildman–Crippen MR) is 80.7 cm³/mol. The van der Waals surface area contributed by atoms with Crippen molar-refractivity contribution in [3.63, 3.8) is 0 Å². The number of carbonyl (C=O) groups is 1. The average molecular weight is 320 g/mol. The van der Waals surface area contributed by atoms with E-state index in [2.05, 4.69) is 4.90 Å². The van der Waals surface area contributed by atoms with Crippen LogP contribution in [0, 0.1) is 5.82 Å². The number of ether oxygens (including phenoxy) is 1. The maximum atomic E-state index is 14.4. The second-order valence-electron chi connectivity index (χ2n) is 6.83. The smallest absolute Gasteiger partial charge is 0.274 e. The number of benzene rings is 1. The quantitative estimate of drug-likeness (QED) is 0.646. The minimum Gasteiger partial charge on any atom is -0.373 e. The third-order valence-corrected chi connectivity index (χ3v) is 5.70. The second-order valence-corrected chi connectivity index (χ2v) is 6.83. The zero-order valence-corrected chi connectivity index (χ0v) is 13.0. The SMILES string of the molecule is O=C(NO)c1cc(F)c2c(c1)CCN(C1CC[C@@]13CCCO3)C2. The van der Waals surface area contributed by atoms with Gasteiger partial charge in [0.2, 0.25) is 0 Å². The van der Waals surface area contributed by atoms with E-state index in [9.17, 15) is 9.18 Å². The molecule has 5 nitrogen and oxygen atoms in total. The summed E-state index contributed by atoms with van der Waals surface area (Å²) in [6, 6.07) is 3.28. The molecule has 1 amide bonds. The highest BCUT2D eigenvalue weighted by Gasteiger charge is 2.52. The Bertz CT molecular complexity index is 643. The molecule has 124 valence electrons. The highest BCUT2D eigenvalue weighted by molar-refractivity contribution is 5.93. The fourth-order valence-electron chi connectivity index (χ4n) is 4.39. The van der Waals surface area contributed by atoms with Crippen molar-refractivity contribution in [3.8, 4) is 0 Å². The lowest BCUT2D eigenvalue weighted by molar-refractivity contribution is -0.132. The first kappa shape index (κ1) is 15.1. The Balaban J connectivity index is 1.57. The van der Waals surface area contributed by atoms with Crippen molar-refractivity contribution < 1.29 is 19.1 Å². The molecule has 3 aliphatic rings. The van der Waals surface area contributed by atoms with E-state index in [1.54, 1.807) is 11.5 Å². The Labute approximate surface area is 134 Å². The number of carbonyl (C=O) groups excluding carboxylic acids is 1. The Kier molecular flexibility index (Phi) is 3.63. The van der Waals surface area contributed by atoms with Crippen LogP contribution in [0.25, 0.3) is 0 Å². The molecule has 1 aromatic carbocycles. The molecule has 0 bridgehead atoms. The van der Waals surface area contributed by atoms with Gasteiger partial charge in [-0.05, 0) is 49.8 Å². The van der Waals surface area contributed by atoms with Crippen LogP contribution in [0.3, 0.4) is 0 Å². The van der Waals surface area contributed by atoms with Crippen LogP contribution >= 0.6 is 0 Å². The normalized spacial score (nSPS) is 30.1. The molecule has 6 heteroatoms. The van der Waals surface area contributed by atoms with Crippen LogP contribution in [0.15, 0.2) is 12.1 Å². The van der Waals surface area contributed by atoms with Crippen molar-refractivity contribution in [1.29, 1.82) is 0 Å². The largest absolute Gasteiger partial charge is 0.373 e. The van der Waals surface area contributed by atoms with Gasteiger partial charge in [0.05, 0.1) is 5.60 Å². The average Bonchev–Trinajstić information content (AvgIpc) is 3.05. The summed E-state index contributed by atoms with van der Waals surface area (Å²) in [7, 11) is 0. The number of hydrogen-bond acceptors (Lipinski definition) is 4. The minimum atomic E-state index is -0.675. The van der Waals surface area contributed by atoms with Crippen molar-refractivity contribution in [1.82, 2.24) is 10.4 Å². The van der Waals surface area contributed by atoms with E-state index in [4.69, 9.17) is 9.94 Å². The van der Waals surface area contributed by atoms with Gasteiger partial charge in [0, 0.05) is 36.9 Å². The number of hydrogen-bond donors (Lipinski definition) is 2. The van der Waals surface area contributed by atoms with Gasteiger partial charge >= 0.3 is 0 Å². The molecular formula is C17H21FN2O3. The van der Waals surface area contributed by atoms with Crippen molar-refractivity contribution in [2.45, 2.75) is 50.3 Å². The number of nitrogens with zero attached hydrogens (tertiary/aromatic N) is 1. The summed E-state index contributed by atoms with van der Waals surface area (Å²) in [5, 5.41) is 8.71.